The lowest BCUT2D eigenvalue weighted by Gasteiger charge is -2.05. The van der Waals surface area contributed by atoms with Crippen LogP contribution in [0.25, 0.3) is 0 Å². The lowest BCUT2D eigenvalue weighted by atomic mass is 10.2. The number of aliphatic carboxylic acids is 1. The molecule has 0 spiro atoms. The molecule has 0 saturated heterocycles. The number of ether oxygens (including phenoxy) is 1. The monoisotopic (exact) mass is 251 g/mol. The van der Waals surface area contributed by atoms with Crippen molar-refractivity contribution in [1.29, 1.82) is 0 Å². The molecule has 0 fully saturated rings. The number of rotatable bonds is 8. The van der Waals surface area contributed by atoms with Crippen LogP contribution < -0.4 is 10.1 Å². The van der Waals surface area contributed by atoms with Crippen molar-refractivity contribution in [3.05, 3.63) is 30.3 Å². The predicted molar refractivity (Wildman–Crippen MR) is 66.4 cm³/mol. The zero-order chi connectivity index (χ0) is 13.2. The molecule has 1 aromatic carbocycles. The van der Waals surface area contributed by atoms with Crippen LogP contribution in [-0.4, -0.2) is 30.1 Å². The molecule has 1 aromatic rings. The van der Waals surface area contributed by atoms with Gasteiger partial charge in [-0.3, -0.25) is 9.59 Å². The SMILES string of the molecule is O=C(O)CNC(=O)CCCCOc1ccccc1. The second kappa shape index (κ2) is 8.11. The highest BCUT2D eigenvalue weighted by atomic mass is 16.5. The highest BCUT2D eigenvalue weighted by molar-refractivity contribution is 5.80. The molecule has 0 aliphatic heterocycles. The van der Waals surface area contributed by atoms with Crippen LogP contribution in [0.4, 0.5) is 0 Å². The maximum absolute atomic E-state index is 11.2. The van der Waals surface area contributed by atoms with Crippen LogP contribution in [0, 0.1) is 0 Å². The van der Waals surface area contributed by atoms with Gasteiger partial charge < -0.3 is 15.2 Å². The summed E-state index contributed by atoms with van der Waals surface area (Å²) in [6, 6.07) is 9.46. The Hall–Kier alpha value is -2.04. The van der Waals surface area contributed by atoms with Gasteiger partial charge in [0.2, 0.25) is 5.91 Å². The van der Waals surface area contributed by atoms with E-state index in [4.69, 9.17) is 9.84 Å². The molecule has 0 unspecified atom stereocenters. The molecular formula is C13H17NO4. The standard InChI is InChI=1S/C13H17NO4/c15-12(14-10-13(16)17)8-4-5-9-18-11-6-2-1-3-7-11/h1-3,6-7H,4-5,8-10H2,(H,14,15)(H,16,17). The fourth-order valence-electron chi connectivity index (χ4n) is 1.36. The minimum absolute atomic E-state index is 0.239. The summed E-state index contributed by atoms with van der Waals surface area (Å²) in [5, 5.41) is 10.7. The van der Waals surface area contributed by atoms with Crippen LogP contribution in [0.15, 0.2) is 30.3 Å². The molecule has 0 heterocycles. The van der Waals surface area contributed by atoms with Crippen molar-refractivity contribution in [2.75, 3.05) is 13.2 Å². The molecule has 5 heteroatoms. The summed E-state index contributed by atoms with van der Waals surface area (Å²) in [4.78, 5) is 21.4. The number of carbonyl (C=O) groups is 2. The fourth-order valence-corrected chi connectivity index (χ4v) is 1.36. The third-order valence-corrected chi connectivity index (χ3v) is 2.25. The summed E-state index contributed by atoms with van der Waals surface area (Å²) in [6.07, 6.45) is 1.76. The summed E-state index contributed by atoms with van der Waals surface area (Å²) in [5.41, 5.74) is 0. The Morgan fingerprint density at radius 2 is 1.89 bits per heavy atom. The first-order valence-corrected chi connectivity index (χ1v) is 5.85. The van der Waals surface area contributed by atoms with E-state index >= 15 is 0 Å². The van der Waals surface area contributed by atoms with Crippen molar-refractivity contribution >= 4 is 11.9 Å². The number of carboxylic acid groups (broad SMARTS) is 1. The molecule has 1 amide bonds. The van der Waals surface area contributed by atoms with E-state index in [2.05, 4.69) is 5.32 Å². The topological polar surface area (TPSA) is 75.6 Å². The van der Waals surface area contributed by atoms with Crippen LogP contribution in [0.1, 0.15) is 19.3 Å². The molecule has 0 atom stereocenters. The van der Waals surface area contributed by atoms with Gasteiger partial charge in [0, 0.05) is 6.42 Å². The highest BCUT2D eigenvalue weighted by Gasteiger charge is 2.03. The molecule has 0 radical (unpaired) electrons. The first kappa shape index (κ1) is 14.0. The number of nitrogens with one attached hydrogen (secondary N) is 1. The van der Waals surface area contributed by atoms with E-state index in [-0.39, 0.29) is 12.5 Å². The van der Waals surface area contributed by atoms with E-state index < -0.39 is 5.97 Å². The lowest BCUT2D eigenvalue weighted by molar-refractivity contribution is -0.137. The zero-order valence-electron chi connectivity index (χ0n) is 10.1. The van der Waals surface area contributed by atoms with Crippen molar-refractivity contribution in [3.8, 4) is 5.75 Å². The number of unbranched alkanes of at least 4 members (excludes halogenated alkanes) is 1. The van der Waals surface area contributed by atoms with Crippen LogP contribution >= 0.6 is 0 Å². The second-order valence-electron chi connectivity index (χ2n) is 3.79. The summed E-state index contributed by atoms with van der Waals surface area (Å²) in [5.74, 6) is -0.458. The summed E-state index contributed by atoms with van der Waals surface area (Å²) in [7, 11) is 0. The third-order valence-electron chi connectivity index (χ3n) is 2.25. The zero-order valence-corrected chi connectivity index (χ0v) is 10.1. The van der Waals surface area contributed by atoms with Gasteiger partial charge in [-0.05, 0) is 25.0 Å². The van der Waals surface area contributed by atoms with Gasteiger partial charge in [0.15, 0.2) is 0 Å². The average molecular weight is 251 g/mol. The third kappa shape index (κ3) is 6.52. The molecule has 2 N–H and O–H groups in total. The smallest absolute Gasteiger partial charge is 0.322 e. The number of amides is 1. The van der Waals surface area contributed by atoms with Gasteiger partial charge in [-0.25, -0.2) is 0 Å². The van der Waals surface area contributed by atoms with E-state index in [0.29, 0.717) is 19.4 Å². The van der Waals surface area contributed by atoms with Crippen LogP contribution in [0.2, 0.25) is 0 Å². The van der Waals surface area contributed by atoms with Gasteiger partial charge in [0.05, 0.1) is 6.61 Å². The maximum Gasteiger partial charge on any atom is 0.322 e. The van der Waals surface area contributed by atoms with E-state index in [9.17, 15) is 9.59 Å². The summed E-state index contributed by atoms with van der Waals surface area (Å²) >= 11 is 0. The number of para-hydroxylation sites is 1. The van der Waals surface area contributed by atoms with Crippen molar-refractivity contribution in [1.82, 2.24) is 5.32 Å². The van der Waals surface area contributed by atoms with Gasteiger partial charge in [-0.15, -0.1) is 0 Å². The van der Waals surface area contributed by atoms with Gasteiger partial charge in [-0.1, -0.05) is 18.2 Å². The number of hydrogen-bond acceptors (Lipinski definition) is 3. The maximum atomic E-state index is 11.2. The average Bonchev–Trinajstić information content (AvgIpc) is 2.37. The van der Waals surface area contributed by atoms with Crippen LogP contribution in [-0.2, 0) is 9.59 Å². The minimum atomic E-state index is -1.03. The summed E-state index contributed by atoms with van der Waals surface area (Å²) < 4.78 is 5.46. The number of hydrogen-bond donors (Lipinski definition) is 2. The molecule has 5 nitrogen and oxygen atoms in total. The largest absolute Gasteiger partial charge is 0.494 e. The van der Waals surface area contributed by atoms with Crippen molar-refractivity contribution in [2.45, 2.75) is 19.3 Å². The van der Waals surface area contributed by atoms with Crippen LogP contribution in [0.3, 0.4) is 0 Å². The van der Waals surface area contributed by atoms with Crippen molar-refractivity contribution < 1.29 is 19.4 Å². The number of carbonyl (C=O) groups excluding carboxylic acids is 1. The van der Waals surface area contributed by atoms with Gasteiger partial charge >= 0.3 is 5.97 Å². The molecule has 0 aliphatic rings. The Bertz CT molecular complexity index is 378. The van der Waals surface area contributed by atoms with Crippen LogP contribution in [0.5, 0.6) is 5.75 Å². The number of benzene rings is 1. The fraction of sp³-hybridized carbons (Fsp3) is 0.385. The molecule has 0 bridgehead atoms. The van der Waals surface area contributed by atoms with Crippen molar-refractivity contribution in [2.24, 2.45) is 0 Å². The first-order valence-electron chi connectivity index (χ1n) is 5.85. The Morgan fingerprint density at radius 1 is 1.17 bits per heavy atom. The molecule has 0 saturated carbocycles. The van der Waals surface area contributed by atoms with E-state index in [1.807, 2.05) is 30.3 Å². The Labute approximate surface area is 106 Å². The Morgan fingerprint density at radius 3 is 2.56 bits per heavy atom. The highest BCUT2D eigenvalue weighted by Crippen LogP contribution is 2.09. The van der Waals surface area contributed by atoms with E-state index in [1.165, 1.54) is 0 Å². The predicted octanol–water partition coefficient (Wildman–Crippen LogP) is 1.44. The normalized spacial score (nSPS) is 9.78. The van der Waals surface area contributed by atoms with Crippen molar-refractivity contribution in [3.63, 3.8) is 0 Å². The quantitative estimate of drug-likeness (QED) is 0.685. The van der Waals surface area contributed by atoms with E-state index in [1.54, 1.807) is 0 Å². The second-order valence-corrected chi connectivity index (χ2v) is 3.79. The molecule has 0 aliphatic carbocycles. The van der Waals surface area contributed by atoms with Gasteiger partial charge in [0.1, 0.15) is 12.3 Å². The Kier molecular flexibility index (Phi) is 6.32. The molecule has 18 heavy (non-hydrogen) atoms. The minimum Gasteiger partial charge on any atom is -0.494 e. The molecular weight excluding hydrogens is 234 g/mol. The molecule has 1 rings (SSSR count). The summed E-state index contributed by atoms with van der Waals surface area (Å²) in [6.45, 7) is 0.232. The first-order chi connectivity index (χ1) is 8.68. The van der Waals surface area contributed by atoms with Gasteiger partial charge in [0.25, 0.3) is 0 Å². The molecule has 98 valence electrons. The van der Waals surface area contributed by atoms with Gasteiger partial charge in [-0.2, -0.15) is 0 Å². The Balaban J connectivity index is 2.02. The number of carboxylic acids is 1. The lowest BCUT2D eigenvalue weighted by Crippen LogP contribution is -2.28. The van der Waals surface area contributed by atoms with E-state index in [0.717, 1.165) is 12.2 Å². The molecule has 0 aromatic heterocycles.